The molecule has 1 aliphatic heterocycles. The minimum Gasteiger partial charge on any atom is -0.358 e. The average Bonchev–Trinajstić information content (AvgIpc) is 3.28. The van der Waals surface area contributed by atoms with E-state index in [-0.39, 0.29) is 24.4 Å². The van der Waals surface area contributed by atoms with Crippen molar-refractivity contribution in [2.45, 2.75) is 19.4 Å². The maximum atomic E-state index is 13.3. The van der Waals surface area contributed by atoms with E-state index < -0.39 is 0 Å². The first-order chi connectivity index (χ1) is 15.6. The molecule has 1 aliphatic rings. The Morgan fingerprint density at radius 1 is 0.969 bits per heavy atom. The summed E-state index contributed by atoms with van der Waals surface area (Å²) < 4.78 is 0. The molecule has 1 aromatic heterocycles. The third kappa shape index (κ3) is 3.56. The number of aromatic amines is 1. The molecule has 160 valence electrons. The van der Waals surface area contributed by atoms with Crippen LogP contribution < -0.4 is 5.32 Å². The van der Waals surface area contributed by atoms with Gasteiger partial charge in [0.25, 0.3) is 5.91 Å². The Morgan fingerprint density at radius 3 is 2.53 bits per heavy atom. The minimum absolute atomic E-state index is 0.0198. The number of hydrogen-bond donors (Lipinski definition) is 2. The fraction of sp³-hybridized carbons (Fsp3) is 0.185. The number of carbonyl (C=O) groups excluding carboxylic acids is 2. The van der Waals surface area contributed by atoms with Gasteiger partial charge in [0.1, 0.15) is 6.54 Å². The Kier molecular flexibility index (Phi) is 5.23. The lowest BCUT2D eigenvalue weighted by Gasteiger charge is -2.25. The molecule has 0 aliphatic carbocycles. The molecule has 2 N–H and O–H groups in total. The SMILES string of the molecule is Cc1[nH]c2ccccc2c1C1c2ccccc2C(=O)N1CC(=O)NCCc1ccccc1. The maximum Gasteiger partial charge on any atom is 0.255 e. The van der Waals surface area contributed by atoms with E-state index in [0.29, 0.717) is 12.1 Å². The number of aromatic nitrogens is 1. The summed E-state index contributed by atoms with van der Waals surface area (Å²) in [4.78, 5) is 31.3. The highest BCUT2D eigenvalue weighted by Gasteiger charge is 2.40. The van der Waals surface area contributed by atoms with Crippen molar-refractivity contribution < 1.29 is 9.59 Å². The van der Waals surface area contributed by atoms with Gasteiger partial charge in [-0.25, -0.2) is 0 Å². The standard InChI is InChI=1S/C27H25N3O2/c1-18-25(22-13-7-8-14-23(22)29-18)26-20-11-5-6-12-21(20)27(32)30(26)17-24(31)28-16-15-19-9-3-2-4-10-19/h2-14,26,29H,15-17H2,1H3,(H,28,31). The van der Waals surface area contributed by atoms with Gasteiger partial charge in [0.2, 0.25) is 5.91 Å². The van der Waals surface area contributed by atoms with E-state index in [4.69, 9.17) is 0 Å². The van der Waals surface area contributed by atoms with Crippen LogP contribution in [0.15, 0.2) is 78.9 Å². The van der Waals surface area contributed by atoms with Gasteiger partial charge in [-0.1, -0.05) is 66.7 Å². The van der Waals surface area contributed by atoms with E-state index in [0.717, 1.165) is 34.1 Å². The molecule has 0 radical (unpaired) electrons. The smallest absolute Gasteiger partial charge is 0.255 e. The van der Waals surface area contributed by atoms with Crippen molar-refractivity contribution in [1.82, 2.24) is 15.2 Å². The molecule has 32 heavy (non-hydrogen) atoms. The molecule has 2 heterocycles. The molecule has 5 heteroatoms. The predicted octanol–water partition coefficient (Wildman–Crippen LogP) is 4.38. The largest absolute Gasteiger partial charge is 0.358 e. The van der Waals surface area contributed by atoms with Gasteiger partial charge in [-0.2, -0.15) is 0 Å². The number of hydrogen-bond acceptors (Lipinski definition) is 2. The zero-order valence-electron chi connectivity index (χ0n) is 18.0. The van der Waals surface area contributed by atoms with E-state index in [1.165, 1.54) is 5.56 Å². The molecular formula is C27H25N3O2. The molecule has 0 saturated heterocycles. The molecule has 0 fully saturated rings. The van der Waals surface area contributed by atoms with Gasteiger partial charge in [-0.05, 0) is 36.6 Å². The van der Waals surface area contributed by atoms with Gasteiger partial charge in [0.05, 0.1) is 6.04 Å². The number of nitrogens with zero attached hydrogens (tertiary/aromatic N) is 1. The van der Waals surface area contributed by atoms with Crippen LogP contribution in [0.1, 0.15) is 38.8 Å². The first-order valence-electron chi connectivity index (χ1n) is 10.9. The molecule has 0 spiro atoms. The molecular weight excluding hydrogens is 398 g/mol. The van der Waals surface area contributed by atoms with E-state index in [1.807, 2.05) is 79.7 Å². The number of para-hydroxylation sites is 1. The van der Waals surface area contributed by atoms with Gasteiger partial charge in [0, 0.05) is 34.3 Å². The lowest BCUT2D eigenvalue weighted by molar-refractivity contribution is -0.122. The molecule has 4 aromatic rings. The third-order valence-electron chi connectivity index (χ3n) is 6.17. The fourth-order valence-corrected chi connectivity index (χ4v) is 4.70. The van der Waals surface area contributed by atoms with Gasteiger partial charge < -0.3 is 15.2 Å². The van der Waals surface area contributed by atoms with Crippen molar-refractivity contribution in [1.29, 1.82) is 0 Å². The Morgan fingerprint density at radius 2 is 1.69 bits per heavy atom. The maximum absolute atomic E-state index is 13.3. The van der Waals surface area contributed by atoms with Crippen LogP contribution >= 0.6 is 0 Å². The molecule has 1 unspecified atom stereocenters. The summed E-state index contributed by atoms with van der Waals surface area (Å²) in [5, 5.41) is 4.06. The summed E-state index contributed by atoms with van der Waals surface area (Å²) in [6, 6.07) is 25.5. The molecule has 0 bridgehead atoms. The molecule has 2 amide bonds. The Labute approximate surface area is 187 Å². The molecule has 0 saturated carbocycles. The van der Waals surface area contributed by atoms with Crippen LogP contribution in [0.4, 0.5) is 0 Å². The van der Waals surface area contributed by atoms with Crippen molar-refractivity contribution in [2.24, 2.45) is 0 Å². The zero-order chi connectivity index (χ0) is 22.1. The quantitative estimate of drug-likeness (QED) is 0.483. The van der Waals surface area contributed by atoms with Gasteiger partial charge in [-0.15, -0.1) is 0 Å². The average molecular weight is 424 g/mol. The van der Waals surface area contributed by atoms with Crippen molar-refractivity contribution in [3.8, 4) is 0 Å². The third-order valence-corrected chi connectivity index (χ3v) is 6.17. The second kappa shape index (κ2) is 8.35. The highest BCUT2D eigenvalue weighted by atomic mass is 16.2. The van der Waals surface area contributed by atoms with Crippen LogP contribution in [0.3, 0.4) is 0 Å². The lowest BCUT2D eigenvalue weighted by atomic mass is 9.95. The van der Waals surface area contributed by atoms with Gasteiger partial charge in [-0.3, -0.25) is 9.59 Å². The second-order valence-electron chi connectivity index (χ2n) is 8.22. The van der Waals surface area contributed by atoms with Crippen LogP contribution in [-0.4, -0.2) is 34.8 Å². The van der Waals surface area contributed by atoms with Crippen LogP contribution in [0, 0.1) is 6.92 Å². The summed E-state index contributed by atoms with van der Waals surface area (Å²) in [6.07, 6.45) is 0.756. The number of carbonyl (C=O) groups is 2. The Hall–Kier alpha value is -3.86. The van der Waals surface area contributed by atoms with Crippen LogP contribution in [0.25, 0.3) is 10.9 Å². The summed E-state index contributed by atoms with van der Waals surface area (Å²) in [6.45, 7) is 2.58. The number of aryl methyl sites for hydroxylation is 1. The van der Waals surface area contributed by atoms with E-state index in [1.54, 1.807) is 4.90 Å². The minimum atomic E-state index is -0.297. The number of fused-ring (bicyclic) bond motifs is 2. The number of nitrogens with one attached hydrogen (secondary N) is 2. The van der Waals surface area contributed by atoms with E-state index >= 15 is 0 Å². The summed E-state index contributed by atoms with van der Waals surface area (Å²) in [5.41, 5.74) is 5.88. The van der Waals surface area contributed by atoms with Gasteiger partial charge >= 0.3 is 0 Å². The zero-order valence-corrected chi connectivity index (χ0v) is 18.0. The number of rotatable bonds is 6. The van der Waals surface area contributed by atoms with Crippen LogP contribution in [-0.2, 0) is 11.2 Å². The highest BCUT2D eigenvalue weighted by Crippen LogP contribution is 2.42. The van der Waals surface area contributed by atoms with Crippen molar-refractivity contribution >= 4 is 22.7 Å². The normalized spacial score (nSPS) is 15.2. The van der Waals surface area contributed by atoms with Crippen molar-refractivity contribution in [2.75, 3.05) is 13.1 Å². The molecule has 3 aromatic carbocycles. The fourth-order valence-electron chi connectivity index (χ4n) is 4.70. The topological polar surface area (TPSA) is 65.2 Å². The molecule has 5 rings (SSSR count). The summed E-state index contributed by atoms with van der Waals surface area (Å²) in [5.74, 6) is -0.252. The Balaban J connectivity index is 1.42. The number of H-pyrrole nitrogens is 1. The molecule has 1 atom stereocenters. The predicted molar refractivity (Wildman–Crippen MR) is 126 cm³/mol. The summed E-state index contributed by atoms with van der Waals surface area (Å²) in [7, 11) is 0. The van der Waals surface area contributed by atoms with E-state index in [2.05, 4.69) is 16.4 Å². The molecule has 5 nitrogen and oxygen atoms in total. The second-order valence-corrected chi connectivity index (χ2v) is 8.22. The Bertz CT molecular complexity index is 1290. The van der Waals surface area contributed by atoms with E-state index in [9.17, 15) is 9.59 Å². The summed E-state index contributed by atoms with van der Waals surface area (Å²) >= 11 is 0. The van der Waals surface area contributed by atoms with Crippen LogP contribution in [0.2, 0.25) is 0 Å². The highest BCUT2D eigenvalue weighted by molar-refractivity contribution is 6.02. The number of benzene rings is 3. The first-order valence-corrected chi connectivity index (χ1v) is 10.9. The van der Waals surface area contributed by atoms with Crippen molar-refractivity contribution in [3.05, 3.63) is 107 Å². The van der Waals surface area contributed by atoms with Gasteiger partial charge in [0.15, 0.2) is 0 Å². The number of amides is 2. The van der Waals surface area contributed by atoms with Crippen molar-refractivity contribution in [3.63, 3.8) is 0 Å². The monoisotopic (exact) mass is 423 g/mol. The lowest BCUT2D eigenvalue weighted by Crippen LogP contribution is -2.40. The first kappa shape index (κ1) is 20.1. The van der Waals surface area contributed by atoms with Crippen LogP contribution in [0.5, 0.6) is 0 Å².